The smallest absolute Gasteiger partial charge is 0.259 e. The van der Waals surface area contributed by atoms with E-state index in [1.165, 1.54) is 31.2 Å². The number of thiophene rings is 1. The number of H-pyrrole nitrogens is 1. The van der Waals surface area contributed by atoms with Gasteiger partial charge in [0.1, 0.15) is 10.7 Å². The molecule has 5 heteroatoms. The van der Waals surface area contributed by atoms with E-state index in [4.69, 9.17) is 11.6 Å². The van der Waals surface area contributed by atoms with Crippen molar-refractivity contribution in [1.29, 1.82) is 0 Å². The van der Waals surface area contributed by atoms with Gasteiger partial charge in [0.15, 0.2) is 0 Å². The van der Waals surface area contributed by atoms with Gasteiger partial charge in [-0.15, -0.1) is 22.9 Å². The highest BCUT2D eigenvalue weighted by Crippen LogP contribution is 2.38. The van der Waals surface area contributed by atoms with Gasteiger partial charge in [-0.3, -0.25) is 4.79 Å². The summed E-state index contributed by atoms with van der Waals surface area (Å²) in [5.41, 5.74) is 1.15. The van der Waals surface area contributed by atoms with Crippen LogP contribution in [0.2, 0.25) is 0 Å². The van der Waals surface area contributed by atoms with E-state index in [9.17, 15) is 4.79 Å². The first kappa shape index (κ1) is 12.2. The van der Waals surface area contributed by atoms with E-state index in [0.717, 1.165) is 10.2 Å². The van der Waals surface area contributed by atoms with Crippen molar-refractivity contribution in [2.75, 3.05) is 0 Å². The first-order valence-corrected chi connectivity index (χ1v) is 7.64. The first-order valence-electron chi connectivity index (χ1n) is 6.32. The molecule has 2 aromatic heterocycles. The van der Waals surface area contributed by atoms with E-state index in [-0.39, 0.29) is 10.9 Å². The molecule has 1 atom stereocenters. The summed E-state index contributed by atoms with van der Waals surface area (Å²) in [6.07, 6.45) is 4.92. The summed E-state index contributed by atoms with van der Waals surface area (Å²) in [7, 11) is 0. The molecule has 0 aliphatic heterocycles. The van der Waals surface area contributed by atoms with Gasteiger partial charge in [-0.25, -0.2) is 4.98 Å². The Kier molecular flexibility index (Phi) is 3.16. The van der Waals surface area contributed by atoms with Crippen molar-refractivity contribution < 1.29 is 0 Å². The Bertz CT molecular complexity index is 625. The number of fused-ring (bicyclic) bond motifs is 1. The quantitative estimate of drug-likeness (QED) is 0.848. The molecule has 2 aromatic rings. The SMILES string of the molecule is CC(Cl)c1nc2scc(C3CCCC3)c2c(=O)[nH]1. The minimum Gasteiger partial charge on any atom is -0.309 e. The van der Waals surface area contributed by atoms with Crippen LogP contribution in [0, 0.1) is 0 Å². The van der Waals surface area contributed by atoms with Crippen LogP contribution >= 0.6 is 22.9 Å². The van der Waals surface area contributed by atoms with Crippen LogP contribution in [0.5, 0.6) is 0 Å². The van der Waals surface area contributed by atoms with Gasteiger partial charge in [-0.05, 0) is 36.6 Å². The molecule has 0 spiro atoms. The lowest BCUT2D eigenvalue weighted by Crippen LogP contribution is -2.12. The Labute approximate surface area is 114 Å². The van der Waals surface area contributed by atoms with Gasteiger partial charge < -0.3 is 4.98 Å². The maximum Gasteiger partial charge on any atom is 0.259 e. The van der Waals surface area contributed by atoms with Gasteiger partial charge in [-0.1, -0.05) is 12.8 Å². The lowest BCUT2D eigenvalue weighted by atomic mass is 9.98. The Morgan fingerprint density at radius 3 is 2.89 bits per heavy atom. The summed E-state index contributed by atoms with van der Waals surface area (Å²) >= 11 is 7.54. The second-order valence-electron chi connectivity index (χ2n) is 4.92. The molecule has 0 radical (unpaired) electrons. The van der Waals surface area contributed by atoms with Crippen LogP contribution in [0.3, 0.4) is 0 Å². The Morgan fingerprint density at radius 1 is 1.50 bits per heavy atom. The van der Waals surface area contributed by atoms with Crippen LogP contribution in [0.25, 0.3) is 10.2 Å². The van der Waals surface area contributed by atoms with Gasteiger partial charge in [0.25, 0.3) is 5.56 Å². The Hall–Kier alpha value is -0.870. The Morgan fingerprint density at radius 2 is 2.22 bits per heavy atom. The fourth-order valence-corrected chi connectivity index (χ4v) is 3.84. The van der Waals surface area contributed by atoms with Gasteiger partial charge in [0.05, 0.1) is 10.8 Å². The molecule has 1 saturated carbocycles. The van der Waals surface area contributed by atoms with Gasteiger partial charge in [0.2, 0.25) is 0 Å². The molecule has 0 bridgehead atoms. The van der Waals surface area contributed by atoms with E-state index >= 15 is 0 Å². The summed E-state index contributed by atoms with van der Waals surface area (Å²) in [4.78, 5) is 20.3. The summed E-state index contributed by atoms with van der Waals surface area (Å²) in [6.45, 7) is 1.82. The normalized spacial score (nSPS) is 18.6. The molecule has 18 heavy (non-hydrogen) atoms. The standard InChI is InChI=1S/C13H15ClN2OS/c1-7(14)11-15-12(17)10-9(6-18-13(10)16-11)8-4-2-3-5-8/h6-8H,2-5H2,1H3,(H,15,16,17). The van der Waals surface area contributed by atoms with E-state index in [0.29, 0.717) is 11.7 Å². The number of halogens is 1. The number of rotatable bonds is 2. The van der Waals surface area contributed by atoms with E-state index < -0.39 is 0 Å². The molecule has 2 heterocycles. The fraction of sp³-hybridized carbons (Fsp3) is 0.538. The van der Waals surface area contributed by atoms with Gasteiger partial charge in [0, 0.05) is 0 Å². The van der Waals surface area contributed by atoms with Gasteiger partial charge in [-0.2, -0.15) is 0 Å². The zero-order valence-electron chi connectivity index (χ0n) is 10.2. The molecule has 96 valence electrons. The second-order valence-corrected chi connectivity index (χ2v) is 6.43. The van der Waals surface area contributed by atoms with Crippen LogP contribution in [-0.2, 0) is 0 Å². The lowest BCUT2D eigenvalue weighted by molar-refractivity contribution is 0.730. The fourth-order valence-electron chi connectivity index (χ4n) is 2.71. The van der Waals surface area contributed by atoms with E-state index in [2.05, 4.69) is 15.3 Å². The van der Waals surface area contributed by atoms with Crippen molar-refractivity contribution in [1.82, 2.24) is 9.97 Å². The van der Waals surface area contributed by atoms with Crippen molar-refractivity contribution in [2.45, 2.75) is 43.9 Å². The Balaban J connectivity index is 2.16. The average Bonchev–Trinajstić information content (AvgIpc) is 2.96. The third-order valence-corrected chi connectivity index (χ3v) is 4.76. The van der Waals surface area contributed by atoms with Crippen molar-refractivity contribution in [3.63, 3.8) is 0 Å². The van der Waals surface area contributed by atoms with Crippen LogP contribution in [0.1, 0.15) is 55.3 Å². The summed E-state index contributed by atoms with van der Waals surface area (Å²) in [5, 5.41) is 2.62. The molecule has 1 fully saturated rings. The number of aromatic nitrogens is 2. The summed E-state index contributed by atoms with van der Waals surface area (Å²) in [5.74, 6) is 1.11. The number of alkyl halides is 1. The average molecular weight is 283 g/mol. The predicted octanol–water partition coefficient (Wildman–Crippen LogP) is 3.94. The van der Waals surface area contributed by atoms with E-state index in [1.54, 1.807) is 11.3 Å². The van der Waals surface area contributed by atoms with Crippen molar-refractivity contribution in [2.24, 2.45) is 0 Å². The molecule has 1 N–H and O–H groups in total. The third-order valence-electron chi connectivity index (χ3n) is 3.66. The number of hydrogen-bond acceptors (Lipinski definition) is 3. The first-order chi connectivity index (χ1) is 8.66. The predicted molar refractivity (Wildman–Crippen MR) is 75.7 cm³/mol. The molecule has 0 aromatic carbocycles. The molecule has 1 unspecified atom stereocenters. The summed E-state index contributed by atoms with van der Waals surface area (Å²) < 4.78 is 0. The highest BCUT2D eigenvalue weighted by Gasteiger charge is 2.22. The third kappa shape index (κ3) is 1.97. The maximum absolute atomic E-state index is 12.2. The minimum atomic E-state index is -0.265. The minimum absolute atomic E-state index is 0.0364. The molecule has 0 saturated heterocycles. The van der Waals surface area contributed by atoms with Crippen molar-refractivity contribution in [3.05, 3.63) is 27.1 Å². The maximum atomic E-state index is 12.2. The summed E-state index contributed by atoms with van der Waals surface area (Å²) in [6, 6.07) is 0. The largest absolute Gasteiger partial charge is 0.309 e. The molecule has 0 amide bonds. The van der Waals surface area contributed by atoms with Crippen LogP contribution < -0.4 is 5.56 Å². The zero-order valence-corrected chi connectivity index (χ0v) is 11.8. The molecule has 3 rings (SSSR count). The van der Waals surface area contributed by atoms with Gasteiger partial charge >= 0.3 is 0 Å². The number of nitrogens with zero attached hydrogens (tertiary/aromatic N) is 1. The highest BCUT2D eigenvalue weighted by molar-refractivity contribution is 7.16. The second kappa shape index (κ2) is 4.67. The van der Waals surface area contributed by atoms with Crippen LogP contribution in [-0.4, -0.2) is 9.97 Å². The molecule has 3 nitrogen and oxygen atoms in total. The van der Waals surface area contributed by atoms with Crippen LogP contribution in [0.4, 0.5) is 0 Å². The van der Waals surface area contributed by atoms with Crippen LogP contribution in [0.15, 0.2) is 10.2 Å². The number of hydrogen-bond donors (Lipinski definition) is 1. The molecule has 1 aliphatic rings. The van der Waals surface area contributed by atoms with Crippen molar-refractivity contribution in [3.8, 4) is 0 Å². The molecular formula is C13H15ClN2OS. The zero-order chi connectivity index (χ0) is 12.7. The lowest BCUT2D eigenvalue weighted by Gasteiger charge is -2.07. The number of nitrogens with one attached hydrogen (secondary N) is 1. The molecule has 1 aliphatic carbocycles. The number of aromatic amines is 1. The van der Waals surface area contributed by atoms with Crippen molar-refractivity contribution >= 4 is 33.2 Å². The van der Waals surface area contributed by atoms with E-state index in [1.807, 2.05) is 6.92 Å². The highest BCUT2D eigenvalue weighted by atomic mass is 35.5. The molecular weight excluding hydrogens is 268 g/mol. The monoisotopic (exact) mass is 282 g/mol. The topological polar surface area (TPSA) is 45.8 Å².